The van der Waals surface area contributed by atoms with Crippen molar-refractivity contribution in [3.8, 4) is 5.82 Å². The van der Waals surface area contributed by atoms with Crippen LogP contribution in [0.2, 0.25) is 5.02 Å². The van der Waals surface area contributed by atoms with E-state index >= 15 is 0 Å². The van der Waals surface area contributed by atoms with E-state index in [1.165, 1.54) is 23.6 Å². The molecule has 1 aliphatic rings. The molecule has 1 atom stereocenters. The molecule has 1 unspecified atom stereocenters. The van der Waals surface area contributed by atoms with Crippen LogP contribution in [0.4, 0.5) is 8.78 Å². The standard InChI is InChI=1S/C21H20ClF2N5O3S/c1-11-2-3-15(33-11)18(12-4-6-21(23,24)7-5-12)28-19(31)13-8-16(25-9-14(13)22)29-20(32)27-17(30)10-26-29/h2-3,8-10,12,18H,4-7H2,1H3,(H,28,31)(H,27,30,32). The molecular weight excluding hydrogens is 476 g/mol. The number of rotatable bonds is 5. The fourth-order valence-electron chi connectivity index (χ4n) is 3.89. The first-order chi connectivity index (χ1) is 15.6. The topological polar surface area (TPSA) is 110 Å². The molecule has 12 heteroatoms. The molecule has 3 aromatic heterocycles. The first-order valence-electron chi connectivity index (χ1n) is 10.2. The average Bonchev–Trinajstić information content (AvgIpc) is 3.19. The van der Waals surface area contributed by atoms with Gasteiger partial charge in [-0.15, -0.1) is 11.3 Å². The van der Waals surface area contributed by atoms with Crippen molar-refractivity contribution in [1.29, 1.82) is 0 Å². The van der Waals surface area contributed by atoms with Crippen LogP contribution in [0.15, 0.2) is 40.2 Å². The highest BCUT2D eigenvalue weighted by molar-refractivity contribution is 7.12. The lowest BCUT2D eigenvalue weighted by Gasteiger charge is -2.34. The van der Waals surface area contributed by atoms with Gasteiger partial charge in [-0.1, -0.05) is 11.6 Å². The normalized spacial score (nSPS) is 17.0. The number of carbonyl (C=O) groups is 1. The summed E-state index contributed by atoms with van der Waals surface area (Å²) in [6.45, 7) is 1.93. The largest absolute Gasteiger partial charge is 0.351 e. The molecule has 4 rings (SSSR count). The van der Waals surface area contributed by atoms with Crippen LogP contribution in [0.3, 0.4) is 0 Å². The Morgan fingerprint density at radius 2 is 2.03 bits per heavy atom. The number of pyridine rings is 1. The van der Waals surface area contributed by atoms with E-state index in [0.717, 1.165) is 20.6 Å². The van der Waals surface area contributed by atoms with Crippen LogP contribution in [0.5, 0.6) is 0 Å². The predicted octanol–water partition coefficient (Wildman–Crippen LogP) is 3.64. The van der Waals surface area contributed by atoms with E-state index in [1.54, 1.807) is 0 Å². The van der Waals surface area contributed by atoms with Crippen LogP contribution >= 0.6 is 22.9 Å². The Balaban J connectivity index is 1.64. The molecular formula is C21H20ClF2N5O3S. The molecule has 3 heterocycles. The molecule has 1 saturated carbocycles. The Labute approximate surface area is 195 Å². The Morgan fingerprint density at radius 1 is 1.30 bits per heavy atom. The summed E-state index contributed by atoms with van der Waals surface area (Å²) in [6.07, 6.45) is 2.22. The summed E-state index contributed by atoms with van der Waals surface area (Å²) < 4.78 is 28.3. The second kappa shape index (κ2) is 9.14. The number of amides is 1. The van der Waals surface area contributed by atoms with Gasteiger partial charge in [-0.3, -0.25) is 14.6 Å². The molecule has 0 bridgehead atoms. The van der Waals surface area contributed by atoms with E-state index in [2.05, 4.69) is 20.4 Å². The van der Waals surface area contributed by atoms with Gasteiger partial charge in [0.05, 0.1) is 16.6 Å². The molecule has 2 N–H and O–H groups in total. The molecule has 0 aliphatic heterocycles. The molecule has 1 fully saturated rings. The van der Waals surface area contributed by atoms with Gasteiger partial charge >= 0.3 is 5.69 Å². The third-order valence-corrected chi connectivity index (χ3v) is 6.99. The van der Waals surface area contributed by atoms with E-state index in [9.17, 15) is 23.2 Å². The number of H-pyrrole nitrogens is 1. The lowest BCUT2D eigenvalue weighted by atomic mass is 9.81. The number of nitrogens with one attached hydrogen (secondary N) is 2. The van der Waals surface area contributed by atoms with Gasteiger partial charge in [0.1, 0.15) is 6.20 Å². The minimum Gasteiger partial charge on any atom is -0.344 e. The van der Waals surface area contributed by atoms with Gasteiger partial charge < -0.3 is 5.32 Å². The quantitative estimate of drug-likeness (QED) is 0.561. The molecule has 0 saturated heterocycles. The second-order valence-corrected chi connectivity index (χ2v) is 9.69. The summed E-state index contributed by atoms with van der Waals surface area (Å²) in [5, 5.41) is 6.73. The van der Waals surface area contributed by atoms with Crippen LogP contribution in [-0.4, -0.2) is 31.6 Å². The number of thiophene rings is 1. The molecule has 0 spiro atoms. The zero-order valence-corrected chi connectivity index (χ0v) is 19.1. The first-order valence-corrected chi connectivity index (χ1v) is 11.4. The number of aromatic nitrogens is 4. The van der Waals surface area contributed by atoms with Gasteiger partial charge in [0.15, 0.2) is 5.82 Å². The lowest BCUT2D eigenvalue weighted by molar-refractivity contribution is -0.0492. The van der Waals surface area contributed by atoms with Gasteiger partial charge in [0.25, 0.3) is 11.5 Å². The highest BCUT2D eigenvalue weighted by Gasteiger charge is 2.39. The summed E-state index contributed by atoms with van der Waals surface area (Å²) in [5.74, 6) is -3.38. The zero-order valence-electron chi connectivity index (χ0n) is 17.5. The summed E-state index contributed by atoms with van der Waals surface area (Å²) in [4.78, 5) is 44.5. The van der Waals surface area contributed by atoms with E-state index in [4.69, 9.17) is 11.6 Å². The van der Waals surface area contributed by atoms with Crippen LogP contribution < -0.4 is 16.6 Å². The molecule has 33 heavy (non-hydrogen) atoms. The van der Waals surface area contributed by atoms with E-state index in [1.807, 2.05) is 19.1 Å². The molecule has 3 aromatic rings. The maximum Gasteiger partial charge on any atom is 0.351 e. The number of aryl methyl sites for hydroxylation is 1. The average molecular weight is 496 g/mol. The highest BCUT2D eigenvalue weighted by atomic mass is 35.5. The fraction of sp³-hybridized carbons (Fsp3) is 0.381. The SMILES string of the molecule is Cc1ccc(C(NC(=O)c2cc(-n3ncc(=O)[nH]c3=O)ncc2Cl)C2CCC(F)(F)CC2)s1. The van der Waals surface area contributed by atoms with E-state index in [0.29, 0.717) is 0 Å². The Morgan fingerprint density at radius 3 is 2.67 bits per heavy atom. The Hall–Kier alpha value is -2.92. The van der Waals surface area contributed by atoms with Crippen molar-refractivity contribution < 1.29 is 13.6 Å². The van der Waals surface area contributed by atoms with Crippen molar-refractivity contribution in [3.05, 3.63) is 71.8 Å². The first kappa shape index (κ1) is 23.2. The van der Waals surface area contributed by atoms with Crippen LogP contribution in [0, 0.1) is 12.8 Å². The van der Waals surface area contributed by atoms with Crippen molar-refractivity contribution in [1.82, 2.24) is 25.1 Å². The molecule has 1 aliphatic carbocycles. The van der Waals surface area contributed by atoms with Gasteiger partial charge in [-0.25, -0.2) is 18.6 Å². The smallest absolute Gasteiger partial charge is 0.344 e. The molecule has 174 valence electrons. The summed E-state index contributed by atoms with van der Waals surface area (Å²) in [6, 6.07) is 4.63. The van der Waals surface area contributed by atoms with Gasteiger partial charge in [0, 0.05) is 28.8 Å². The molecule has 0 aromatic carbocycles. The van der Waals surface area contributed by atoms with Crippen molar-refractivity contribution in [3.63, 3.8) is 0 Å². The Bertz CT molecular complexity index is 1300. The monoisotopic (exact) mass is 495 g/mol. The second-order valence-electron chi connectivity index (χ2n) is 7.97. The van der Waals surface area contributed by atoms with E-state index < -0.39 is 29.1 Å². The number of halogens is 3. The van der Waals surface area contributed by atoms with Gasteiger partial charge in [-0.05, 0) is 43.9 Å². The van der Waals surface area contributed by atoms with Gasteiger partial charge in [0.2, 0.25) is 5.92 Å². The van der Waals surface area contributed by atoms with Crippen LogP contribution in [0.1, 0.15) is 51.8 Å². The molecule has 0 radical (unpaired) electrons. The van der Waals surface area contributed by atoms with Gasteiger partial charge in [-0.2, -0.15) is 9.78 Å². The number of alkyl halides is 2. The van der Waals surface area contributed by atoms with Crippen molar-refractivity contribution in [2.24, 2.45) is 5.92 Å². The number of hydrogen-bond donors (Lipinski definition) is 2. The maximum absolute atomic E-state index is 13.7. The number of aromatic amines is 1. The summed E-state index contributed by atoms with van der Waals surface area (Å²) >= 11 is 7.71. The maximum atomic E-state index is 13.7. The Kier molecular flexibility index (Phi) is 6.44. The summed E-state index contributed by atoms with van der Waals surface area (Å²) in [5.41, 5.74) is -1.45. The molecule has 1 amide bonds. The van der Waals surface area contributed by atoms with Crippen molar-refractivity contribution >= 4 is 28.8 Å². The number of hydrogen-bond acceptors (Lipinski definition) is 6. The third kappa shape index (κ3) is 5.19. The minimum atomic E-state index is -2.68. The van der Waals surface area contributed by atoms with Crippen LogP contribution in [0.25, 0.3) is 5.82 Å². The highest BCUT2D eigenvalue weighted by Crippen LogP contribution is 2.42. The third-order valence-electron chi connectivity index (χ3n) is 5.60. The fourth-order valence-corrected chi connectivity index (χ4v) is 5.10. The lowest BCUT2D eigenvalue weighted by Crippen LogP contribution is -2.37. The summed E-state index contributed by atoms with van der Waals surface area (Å²) in [7, 11) is 0. The molecule has 8 nitrogen and oxygen atoms in total. The van der Waals surface area contributed by atoms with E-state index in [-0.39, 0.29) is 48.0 Å². The van der Waals surface area contributed by atoms with Crippen molar-refractivity contribution in [2.45, 2.75) is 44.6 Å². The predicted molar refractivity (Wildman–Crippen MR) is 119 cm³/mol. The van der Waals surface area contributed by atoms with Crippen LogP contribution in [-0.2, 0) is 0 Å². The van der Waals surface area contributed by atoms with Crippen molar-refractivity contribution in [2.75, 3.05) is 0 Å². The number of carbonyl (C=O) groups excluding carboxylic acids is 1. The number of nitrogens with zero attached hydrogens (tertiary/aromatic N) is 3. The minimum absolute atomic E-state index is 0.00775. The zero-order chi connectivity index (χ0) is 23.8.